The third-order valence-electron chi connectivity index (χ3n) is 1.69. The fraction of sp³-hybridized carbons (Fsp3) is 0.333. The van der Waals surface area contributed by atoms with Crippen LogP contribution >= 0.6 is 69.6 Å². The van der Waals surface area contributed by atoms with Gasteiger partial charge in [0.1, 0.15) is 0 Å². The van der Waals surface area contributed by atoms with Crippen molar-refractivity contribution in [3.8, 4) is 0 Å². The highest BCUT2D eigenvalue weighted by Gasteiger charge is 2.34. The third-order valence-corrected chi connectivity index (χ3v) is 2.72. The zero-order valence-electron chi connectivity index (χ0n) is 10.4. The number of halogens is 6. The van der Waals surface area contributed by atoms with Gasteiger partial charge in [-0.15, -0.1) is 0 Å². The molecule has 0 unspecified atom stereocenters. The van der Waals surface area contributed by atoms with Gasteiger partial charge >= 0.3 is 6.09 Å². The van der Waals surface area contributed by atoms with Gasteiger partial charge in [0.05, 0.1) is 0 Å². The van der Waals surface area contributed by atoms with Crippen molar-refractivity contribution in [3.63, 3.8) is 0 Å². The second-order valence-electron chi connectivity index (χ2n) is 3.42. The summed E-state index contributed by atoms with van der Waals surface area (Å²) < 4.78 is -0.286. The molecule has 13 heteroatoms. The predicted octanol–water partition coefficient (Wildman–Crippen LogP) is 2.53. The molecule has 0 aliphatic heterocycles. The highest BCUT2D eigenvalue weighted by Crippen LogP contribution is 2.27. The van der Waals surface area contributed by atoms with E-state index in [0.717, 1.165) is 0 Å². The third kappa shape index (κ3) is 7.71. The molecular formula is C9H6Cl6N2O5. The van der Waals surface area contributed by atoms with Crippen LogP contribution in [-0.2, 0) is 19.1 Å². The average Bonchev–Trinajstić information content (AvgIpc) is 2.34. The topological polar surface area (TPSA) is 102 Å². The molecule has 0 rings (SSSR count). The van der Waals surface area contributed by atoms with Crippen LogP contribution in [0.4, 0.5) is 4.79 Å². The Balaban J connectivity index is 5.06. The van der Waals surface area contributed by atoms with Gasteiger partial charge in [-0.1, -0.05) is 69.6 Å². The molecule has 0 atom stereocenters. The van der Waals surface area contributed by atoms with Crippen molar-refractivity contribution in [2.75, 3.05) is 0 Å². The van der Waals surface area contributed by atoms with Crippen LogP contribution in [0.2, 0.25) is 0 Å². The summed E-state index contributed by atoms with van der Waals surface area (Å²) in [5, 5.41) is 3.42. The van der Waals surface area contributed by atoms with Crippen LogP contribution < -0.4 is 10.6 Å². The van der Waals surface area contributed by atoms with E-state index in [1.807, 2.05) is 5.32 Å². The first-order valence-corrected chi connectivity index (χ1v) is 7.20. The molecular weight excluding hydrogens is 429 g/mol. The summed E-state index contributed by atoms with van der Waals surface area (Å²) in [6, 6.07) is 0. The van der Waals surface area contributed by atoms with Gasteiger partial charge in [-0.05, 0) is 6.92 Å². The lowest BCUT2D eigenvalue weighted by Crippen LogP contribution is -2.41. The maximum Gasteiger partial charge on any atom is 0.420 e. The Morgan fingerprint density at radius 1 is 0.909 bits per heavy atom. The Kier molecular flexibility index (Phi) is 8.25. The number of rotatable bonds is 3. The predicted molar refractivity (Wildman–Crippen MR) is 82.1 cm³/mol. The lowest BCUT2D eigenvalue weighted by atomic mass is 10.3. The van der Waals surface area contributed by atoms with Crippen LogP contribution in [-0.4, -0.2) is 31.8 Å². The number of carbonyl (C=O) groups is 4. The first-order chi connectivity index (χ1) is 9.78. The Bertz CT molecular complexity index is 522. The standard InChI is InChI=1S/C9H6Cl6N2O5/c1-3(2-18)4(16-5(19)8(10,11)12)22-7(21)17-6(20)9(13,14)15/h2H,1H3,(H,16,19)(H,17,20,21)/b4-3-. The maximum absolute atomic E-state index is 11.5. The zero-order valence-corrected chi connectivity index (χ0v) is 14.9. The zero-order chi connectivity index (χ0) is 17.7. The number of alkyl halides is 6. The van der Waals surface area contributed by atoms with E-state index in [1.54, 1.807) is 5.32 Å². The van der Waals surface area contributed by atoms with Crippen LogP contribution in [0.15, 0.2) is 11.5 Å². The average molecular weight is 435 g/mol. The molecule has 0 heterocycles. The smallest absolute Gasteiger partial charge is 0.393 e. The molecule has 0 bridgehead atoms. The molecule has 124 valence electrons. The van der Waals surface area contributed by atoms with Gasteiger partial charge in [0.25, 0.3) is 19.4 Å². The van der Waals surface area contributed by atoms with E-state index in [1.165, 1.54) is 6.92 Å². The molecule has 0 spiro atoms. The minimum absolute atomic E-state index is 0.234. The van der Waals surface area contributed by atoms with Crippen molar-refractivity contribution < 1.29 is 23.9 Å². The van der Waals surface area contributed by atoms with Gasteiger partial charge in [-0.25, -0.2) is 4.79 Å². The second-order valence-corrected chi connectivity index (χ2v) is 7.99. The monoisotopic (exact) mass is 432 g/mol. The molecule has 0 fully saturated rings. The van der Waals surface area contributed by atoms with Crippen molar-refractivity contribution in [1.82, 2.24) is 10.6 Å². The molecule has 0 radical (unpaired) electrons. The Labute approximate surface area is 154 Å². The maximum atomic E-state index is 11.5. The van der Waals surface area contributed by atoms with Gasteiger partial charge in [-0.3, -0.25) is 25.0 Å². The van der Waals surface area contributed by atoms with Gasteiger partial charge in [0.2, 0.25) is 5.88 Å². The van der Waals surface area contributed by atoms with Crippen molar-refractivity contribution in [1.29, 1.82) is 0 Å². The van der Waals surface area contributed by atoms with E-state index in [0.29, 0.717) is 0 Å². The number of carbonyl (C=O) groups excluding carboxylic acids is 4. The molecule has 0 aromatic rings. The molecule has 22 heavy (non-hydrogen) atoms. The minimum Gasteiger partial charge on any atom is -0.393 e. The number of alkyl carbamates (subject to hydrolysis) is 1. The first-order valence-electron chi connectivity index (χ1n) is 4.93. The Morgan fingerprint density at radius 2 is 1.32 bits per heavy atom. The SMILES string of the molecule is C/C(C=O)=C(\NC(=O)C(Cl)(Cl)Cl)OC(=O)NC(=O)C(Cl)(Cl)Cl. The largest absolute Gasteiger partial charge is 0.420 e. The number of aldehydes is 1. The van der Waals surface area contributed by atoms with E-state index < -0.39 is 31.4 Å². The fourth-order valence-electron chi connectivity index (χ4n) is 0.714. The highest BCUT2D eigenvalue weighted by molar-refractivity contribution is 6.76. The van der Waals surface area contributed by atoms with E-state index in [9.17, 15) is 19.2 Å². The van der Waals surface area contributed by atoms with Gasteiger partial charge in [0, 0.05) is 5.57 Å². The number of hydrogen-bond donors (Lipinski definition) is 2. The number of imide groups is 1. The molecule has 0 aromatic heterocycles. The Hall–Kier alpha value is -0.440. The molecule has 7 nitrogen and oxygen atoms in total. The van der Waals surface area contributed by atoms with Crippen LogP contribution in [0.5, 0.6) is 0 Å². The number of ether oxygens (including phenoxy) is 1. The highest BCUT2D eigenvalue weighted by atomic mass is 35.6. The van der Waals surface area contributed by atoms with E-state index in [-0.39, 0.29) is 11.9 Å². The summed E-state index contributed by atoms with van der Waals surface area (Å²) in [5.41, 5.74) is -0.251. The molecule has 2 N–H and O–H groups in total. The quantitative estimate of drug-likeness (QED) is 0.307. The molecule has 0 aliphatic rings. The van der Waals surface area contributed by atoms with Crippen molar-refractivity contribution in [2.45, 2.75) is 14.5 Å². The van der Waals surface area contributed by atoms with Gasteiger partial charge in [0.15, 0.2) is 6.29 Å². The Morgan fingerprint density at radius 3 is 1.68 bits per heavy atom. The molecule has 0 saturated heterocycles. The summed E-state index contributed by atoms with van der Waals surface area (Å²) in [4.78, 5) is 44.8. The van der Waals surface area contributed by atoms with Crippen molar-refractivity contribution in [2.24, 2.45) is 0 Å². The van der Waals surface area contributed by atoms with Crippen LogP contribution in [0.3, 0.4) is 0 Å². The molecule has 0 aliphatic carbocycles. The first kappa shape index (κ1) is 21.6. The summed E-state index contributed by atoms with van der Waals surface area (Å²) >= 11 is 31.6. The van der Waals surface area contributed by atoms with Crippen LogP contribution in [0.25, 0.3) is 0 Å². The van der Waals surface area contributed by atoms with Gasteiger partial charge in [-0.2, -0.15) is 0 Å². The molecule has 0 saturated carbocycles. The number of hydrogen-bond acceptors (Lipinski definition) is 5. The summed E-state index contributed by atoms with van der Waals surface area (Å²) in [7, 11) is 0. The van der Waals surface area contributed by atoms with E-state index in [4.69, 9.17) is 69.6 Å². The fourth-order valence-corrected chi connectivity index (χ4v) is 0.997. The number of allylic oxidation sites excluding steroid dienone is 1. The number of nitrogens with one attached hydrogen (secondary N) is 2. The van der Waals surface area contributed by atoms with Gasteiger partial charge < -0.3 is 4.74 Å². The van der Waals surface area contributed by atoms with Crippen molar-refractivity contribution >= 4 is 93.8 Å². The second kappa shape index (κ2) is 8.42. The van der Waals surface area contributed by atoms with E-state index >= 15 is 0 Å². The summed E-state index contributed by atoms with van der Waals surface area (Å²) in [5.74, 6) is -3.21. The number of amides is 3. The lowest BCUT2D eigenvalue weighted by molar-refractivity contribution is -0.120. The molecule has 3 amide bonds. The summed E-state index contributed by atoms with van der Waals surface area (Å²) in [6.45, 7) is 1.17. The van der Waals surface area contributed by atoms with Crippen molar-refractivity contribution in [3.05, 3.63) is 11.5 Å². The normalized spacial score (nSPS) is 12.9. The summed E-state index contributed by atoms with van der Waals surface area (Å²) in [6.07, 6.45) is -1.21. The van der Waals surface area contributed by atoms with Crippen LogP contribution in [0.1, 0.15) is 6.92 Å². The lowest BCUT2D eigenvalue weighted by Gasteiger charge is -2.16. The van der Waals surface area contributed by atoms with Crippen LogP contribution in [0, 0.1) is 0 Å². The molecule has 0 aromatic carbocycles. The minimum atomic E-state index is -2.43. The van der Waals surface area contributed by atoms with E-state index in [2.05, 4.69) is 4.74 Å².